The summed E-state index contributed by atoms with van der Waals surface area (Å²) in [4.78, 5) is 12.1. The van der Waals surface area contributed by atoms with Gasteiger partial charge in [-0.05, 0) is 24.3 Å². The molecule has 0 fully saturated rings. The summed E-state index contributed by atoms with van der Waals surface area (Å²) in [5.74, 6) is 0.314. The maximum Gasteiger partial charge on any atom is 0.416 e. The molecule has 7 heteroatoms. The average molecular weight is 351 g/mol. The molecule has 2 aromatic rings. The van der Waals surface area contributed by atoms with Gasteiger partial charge >= 0.3 is 6.18 Å². The molecular formula is C18H16F3NO3. The first-order valence-corrected chi connectivity index (χ1v) is 7.74. The monoisotopic (exact) mass is 351 g/mol. The highest BCUT2D eigenvalue weighted by Gasteiger charge is 2.30. The van der Waals surface area contributed by atoms with Crippen LogP contribution in [0.2, 0.25) is 0 Å². The Morgan fingerprint density at radius 1 is 1.20 bits per heavy atom. The van der Waals surface area contributed by atoms with Crippen molar-refractivity contribution in [1.29, 1.82) is 0 Å². The smallest absolute Gasteiger partial charge is 0.416 e. The summed E-state index contributed by atoms with van der Waals surface area (Å²) >= 11 is 0. The van der Waals surface area contributed by atoms with Crippen LogP contribution in [-0.2, 0) is 11.0 Å². The van der Waals surface area contributed by atoms with Crippen LogP contribution in [0.15, 0.2) is 48.5 Å². The maximum atomic E-state index is 12.7. The summed E-state index contributed by atoms with van der Waals surface area (Å²) in [6.07, 6.45) is -3.83. The molecule has 0 saturated carbocycles. The van der Waals surface area contributed by atoms with Crippen molar-refractivity contribution >= 4 is 5.91 Å². The molecule has 1 atom stereocenters. The topological polar surface area (TPSA) is 47.6 Å². The molecule has 0 bridgehead atoms. The molecule has 0 saturated heterocycles. The molecule has 1 amide bonds. The van der Waals surface area contributed by atoms with Crippen molar-refractivity contribution in [2.75, 3.05) is 13.2 Å². The maximum absolute atomic E-state index is 12.7. The van der Waals surface area contributed by atoms with Gasteiger partial charge in [0.15, 0.2) is 6.61 Å². The SMILES string of the molecule is O=C(COc1cccc(C(F)(F)F)c1)N[C@@H]1CCOc2ccccc21. The number of rotatable bonds is 4. The number of para-hydroxylation sites is 1. The minimum absolute atomic E-state index is 0.00245. The molecule has 132 valence electrons. The number of carbonyl (C=O) groups is 1. The molecular weight excluding hydrogens is 335 g/mol. The number of halogens is 3. The highest BCUT2D eigenvalue weighted by Crippen LogP contribution is 2.32. The quantitative estimate of drug-likeness (QED) is 0.913. The highest BCUT2D eigenvalue weighted by molar-refractivity contribution is 5.78. The summed E-state index contributed by atoms with van der Waals surface area (Å²) in [5, 5.41) is 2.82. The lowest BCUT2D eigenvalue weighted by atomic mass is 10.0. The number of carbonyl (C=O) groups excluding carboxylic acids is 1. The van der Waals surface area contributed by atoms with Gasteiger partial charge in [-0.15, -0.1) is 0 Å². The lowest BCUT2D eigenvalue weighted by molar-refractivity contribution is -0.137. The fourth-order valence-corrected chi connectivity index (χ4v) is 2.64. The van der Waals surface area contributed by atoms with Crippen molar-refractivity contribution in [1.82, 2.24) is 5.32 Å². The van der Waals surface area contributed by atoms with Crippen LogP contribution in [0.1, 0.15) is 23.6 Å². The van der Waals surface area contributed by atoms with Gasteiger partial charge < -0.3 is 14.8 Å². The van der Waals surface area contributed by atoms with Gasteiger partial charge in [0.05, 0.1) is 18.2 Å². The van der Waals surface area contributed by atoms with E-state index in [1.54, 1.807) is 0 Å². The zero-order valence-electron chi connectivity index (χ0n) is 13.2. The van der Waals surface area contributed by atoms with Gasteiger partial charge in [-0.1, -0.05) is 24.3 Å². The summed E-state index contributed by atoms with van der Waals surface area (Å²) in [5.41, 5.74) is 0.0601. The van der Waals surface area contributed by atoms with Crippen molar-refractivity contribution in [2.45, 2.75) is 18.6 Å². The number of nitrogens with one attached hydrogen (secondary N) is 1. The third-order valence-electron chi connectivity index (χ3n) is 3.83. The van der Waals surface area contributed by atoms with Crippen molar-refractivity contribution in [3.8, 4) is 11.5 Å². The fourth-order valence-electron chi connectivity index (χ4n) is 2.64. The van der Waals surface area contributed by atoms with Crippen LogP contribution in [0.25, 0.3) is 0 Å². The second-order valence-corrected chi connectivity index (χ2v) is 5.61. The van der Waals surface area contributed by atoms with Gasteiger partial charge in [0, 0.05) is 12.0 Å². The molecule has 0 spiro atoms. The Balaban J connectivity index is 1.59. The van der Waals surface area contributed by atoms with Gasteiger partial charge in [-0.3, -0.25) is 4.79 Å². The van der Waals surface area contributed by atoms with E-state index in [1.807, 2.05) is 24.3 Å². The fraction of sp³-hybridized carbons (Fsp3) is 0.278. The van der Waals surface area contributed by atoms with Crippen LogP contribution in [-0.4, -0.2) is 19.1 Å². The summed E-state index contributed by atoms with van der Waals surface area (Å²) in [7, 11) is 0. The molecule has 0 aromatic heterocycles. The number of hydrogen-bond donors (Lipinski definition) is 1. The van der Waals surface area contributed by atoms with Gasteiger partial charge in [0.25, 0.3) is 5.91 Å². The zero-order chi connectivity index (χ0) is 17.9. The first kappa shape index (κ1) is 17.1. The first-order chi connectivity index (χ1) is 11.9. The second kappa shape index (κ2) is 7.04. The van der Waals surface area contributed by atoms with Crippen molar-refractivity contribution in [2.24, 2.45) is 0 Å². The van der Waals surface area contributed by atoms with Crippen LogP contribution >= 0.6 is 0 Å². The van der Waals surface area contributed by atoms with Crippen molar-refractivity contribution in [3.05, 3.63) is 59.7 Å². The molecule has 1 N–H and O–H groups in total. The Hall–Kier alpha value is -2.70. The number of amides is 1. The molecule has 4 nitrogen and oxygen atoms in total. The zero-order valence-corrected chi connectivity index (χ0v) is 13.2. The van der Waals surface area contributed by atoms with E-state index in [0.29, 0.717) is 13.0 Å². The van der Waals surface area contributed by atoms with Crippen molar-refractivity contribution < 1.29 is 27.4 Å². The Bertz CT molecular complexity index is 761. The lowest BCUT2D eigenvalue weighted by Crippen LogP contribution is -2.35. The largest absolute Gasteiger partial charge is 0.493 e. The molecule has 2 aromatic carbocycles. The van der Waals surface area contributed by atoms with Gasteiger partial charge in [0.1, 0.15) is 11.5 Å². The standard InChI is InChI=1S/C18H16F3NO3/c19-18(20,21)12-4-3-5-13(10-12)25-11-17(23)22-15-8-9-24-16-7-2-1-6-14(15)16/h1-7,10,15H,8-9,11H2,(H,22,23)/t15-/m1/s1. The number of benzene rings is 2. The Kier molecular flexibility index (Phi) is 4.83. The van der Waals surface area contributed by atoms with E-state index in [1.165, 1.54) is 12.1 Å². The number of alkyl halides is 3. The molecule has 0 radical (unpaired) electrons. The predicted molar refractivity (Wildman–Crippen MR) is 84.4 cm³/mol. The van der Waals surface area contributed by atoms with Crippen LogP contribution in [0.3, 0.4) is 0 Å². The molecule has 0 aliphatic carbocycles. The normalized spacial score (nSPS) is 16.5. The summed E-state index contributed by atoms with van der Waals surface area (Å²) in [6, 6.07) is 11.6. The van der Waals surface area contributed by atoms with Gasteiger partial charge in [-0.25, -0.2) is 0 Å². The summed E-state index contributed by atoms with van der Waals surface area (Å²) < 4.78 is 48.7. The first-order valence-electron chi connectivity index (χ1n) is 7.74. The van der Waals surface area contributed by atoms with E-state index < -0.39 is 17.6 Å². The van der Waals surface area contributed by atoms with E-state index in [4.69, 9.17) is 9.47 Å². The van der Waals surface area contributed by atoms with Gasteiger partial charge in [0.2, 0.25) is 0 Å². The lowest BCUT2D eigenvalue weighted by Gasteiger charge is -2.26. The van der Waals surface area contributed by atoms with Crippen LogP contribution in [0.4, 0.5) is 13.2 Å². The number of hydrogen-bond acceptors (Lipinski definition) is 3. The van der Waals surface area contributed by atoms with Crippen LogP contribution < -0.4 is 14.8 Å². The van der Waals surface area contributed by atoms with Crippen LogP contribution in [0.5, 0.6) is 11.5 Å². The Labute approximate surface area is 142 Å². The number of fused-ring (bicyclic) bond motifs is 1. The average Bonchev–Trinajstić information content (AvgIpc) is 2.60. The molecule has 1 aliphatic rings. The molecule has 3 rings (SSSR count). The van der Waals surface area contributed by atoms with Crippen LogP contribution in [0, 0.1) is 0 Å². The van der Waals surface area contributed by atoms with E-state index >= 15 is 0 Å². The Morgan fingerprint density at radius 2 is 2.00 bits per heavy atom. The highest BCUT2D eigenvalue weighted by atomic mass is 19.4. The predicted octanol–water partition coefficient (Wildman–Crippen LogP) is 3.72. The third kappa shape index (κ3) is 4.23. The molecule has 0 unspecified atom stereocenters. The molecule has 1 heterocycles. The van der Waals surface area contributed by atoms with Crippen molar-refractivity contribution in [3.63, 3.8) is 0 Å². The Morgan fingerprint density at radius 3 is 2.80 bits per heavy atom. The summed E-state index contributed by atoms with van der Waals surface area (Å²) in [6.45, 7) is 0.122. The molecule has 25 heavy (non-hydrogen) atoms. The van der Waals surface area contributed by atoms with E-state index in [9.17, 15) is 18.0 Å². The van der Waals surface area contributed by atoms with Gasteiger partial charge in [-0.2, -0.15) is 13.2 Å². The minimum Gasteiger partial charge on any atom is -0.493 e. The molecule has 1 aliphatic heterocycles. The van der Waals surface area contributed by atoms with E-state index in [-0.39, 0.29) is 18.4 Å². The number of ether oxygens (including phenoxy) is 2. The minimum atomic E-state index is -4.45. The van der Waals surface area contributed by atoms with E-state index in [2.05, 4.69) is 5.32 Å². The second-order valence-electron chi connectivity index (χ2n) is 5.61. The third-order valence-corrected chi connectivity index (χ3v) is 3.83. The van der Waals surface area contributed by atoms with E-state index in [0.717, 1.165) is 23.4 Å².